The fourth-order valence-electron chi connectivity index (χ4n) is 6.37. The number of ether oxygens (including phenoxy) is 1. The Hall–Kier alpha value is -2.43. The lowest BCUT2D eigenvalue weighted by Gasteiger charge is -2.34. The Labute approximate surface area is 224 Å². The molecule has 2 aromatic rings. The van der Waals surface area contributed by atoms with E-state index in [9.17, 15) is 4.79 Å². The van der Waals surface area contributed by atoms with Gasteiger partial charge in [-0.1, -0.05) is 81.5 Å². The topological polar surface area (TPSA) is 32.8 Å². The number of ketones is 1. The summed E-state index contributed by atoms with van der Waals surface area (Å²) in [6.07, 6.45) is 13.7. The molecular weight excluding hydrogens is 456 g/mol. The van der Waals surface area contributed by atoms with Crippen LogP contribution >= 0.6 is 0 Å². The maximum absolute atomic E-state index is 12.9. The number of carbonyl (C=O) groups excluding carboxylic acids is 1. The smallest absolute Gasteiger partial charge is 0.162 e. The molecule has 0 N–H and O–H groups in total. The van der Waals surface area contributed by atoms with Crippen LogP contribution < -0.4 is 4.74 Å². The number of carbonyl (C=O) groups is 1. The van der Waals surface area contributed by atoms with Crippen LogP contribution in [0.4, 0.5) is 0 Å². The van der Waals surface area contributed by atoms with E-state index in [1.807, 2.05) is 6.07 Å². The number of unbranched alkanes of at least 4 members (excludes halogenated alkanes) is 5. The molecule has 4 nitrogen and oxygen atoms in total. The number of benzene rings is 2. The van der Waals surface area contributed by atoms with Gasteiger partial charge in [-0.15, -0.1) is 6.58 Å². The van der Waals surface area contributed by atoms with Gasteiger partial charge in [0.1, 0.15) is 5.75 Å². The van der Waals surface area contributed by atoms with E-state index in [1.165, 1.54) is 56.1 Å². The minimum Gasteiger partial charge on any atom is -0.497 e. The molecule has 0 radical (unpaired) electrons. The van der Waals surface area contributed by atoms with Gasteiger partial charge in [0.2, 0.25) is 0 Å². The maximum Gasteiger partial charge on any atom is 0.162 e. The summed E-state index contributed by atoms with van der Waals surface area (Å²) in [4.78, 5) is 18.2. The molecule has 2 aliphatic heterocycles. The van der Waals surface area contributed by atoms with Gasteiger partial charge < -0.3 is 4.74 Å². The number of Topliss-reactive ketones (excluding diaryl/α,β-unsaturated/α-hetero) is 1. The Morgan fingerprint density at radius 2 is 1.76 bits per heavy atom. The van der Waals surface area contributed by atoms with Crippen molar-refractivity contribution < 1.29 is 9.53 Å². The summed E-state index contributed by atoms with van der Waals surface area (Å²) in [5.41, 5.74) is 3.34. The van der Waals surface area contributed by atoms with Crippen molar-refractivity contribution in [2.45, 2.75) is 89.3 Å². The van der Waals surface area contributed by atoms with Gasteiger partial charge >= 0.3 is 0 Å². The number of methoxy groups -OCH3 is 1. The Kier molecular flexibility index (Phi) is 10.4. The van der Waals surface area contributed by atoms with Gasteiger partial charge in [0, 0.05) is 43.7 Å². The molecule has 2 bridgehead atoms. The fraction of sp³-hybridized carbons (Fsp3) is 0.545. The van der Waals surface area contributed by atoms with Crippen LogP contribution in [-0.4, -0.2) is 54.4 Å². The molecule has 2 saturated heterocycles. The van der Waals surface area contributed by atoms with Crippen LogP contribution in [0.5, 0.6) is 5.75 Å². The van der Waals surface area contributed by atoms with Crippen molar-refractivity contribution in [2.24, 2.45) is 0 Å². The molecule has 4 rings (SSSR count). The summed E-state index contributed by atoms with van der Waals surface area (Å²) < 4.78 is 5.59. The lowest BCUT2D eigenvalue weighted by atomic mass is 9.93. The van der Waals surface area contributed by atoms with E-state index in [0.29, 0.717) is 18.5 Å². The zero-order chi connectivity index (χ0) is 26.0. The molecule has 2 aromatic carbocycles. The molecule has 0 aromatic heterocycles. The van der Waals surface area contributed by atoms with Crippen LogP contribution in [0.15, 0.2) is 61.2 Å². The highest BCUT2D eigenvalue weighted by Gasteiger charge is 2.38. The lowest BCUT2D eigenvalue weighted by molar-refractivity contribution is 0.0979. The summed E-state index contributed by atoms with van der Waals surface area (Å²) in [5.74, 6) is 1.16. The third-order valence-corrected chi connectivity index (χ3v) is 8.39. The molecule has 0 aliphatic carbocycles. The molecular formula is C33H46N2O2. The molecule has 4 heteroatoms. The third-order valence-electron chi connectivity index (χ3n) is 8.39. The van der Waals surface area contributed by atoms with Crippen molar-refractivity contribution in [3.63, 3.8) is 0 Å². The van der Waals surface area contributed by atoms with E-state index in [-0.39, 0.29) is 11.8 Å². The van der Waals surface area contributed by atoms with Gasteiger partial charge in [-0.25, -0.2) is 0 Å². The first-order valence-corrected chi connectivity index (χ1v) is 14.5. The largest absolute Gasteiger partial charge is 0.497 e. The van der Waals surface area contributed by atoms with Crippen molar-refractivity contribution in [3.8, 4) is 5.75 Å². The van der Waals surface area contributed by atoms with E-state index in [4.69, 9.17) is 4.74 Å². The molecule has 2 aliphatic rings. The first-order valence-electron chi connectivity index (χ1n) is 14.5. The van der Waals surface area contributed by atoms with Crippen molar-refractivity contribution >= 4 is 5.78 Å². The van der Waals surface area contributed by atoms with Crippen molar-refractivity contribution in [2.75, 3.05) is 26.7 Å². The van der Waals surface area contributed by atoms with Gasteiger partial charge in [0.25, 0.3) is 0 Å². The SMILES string of the molecule is C=CCN1C2CCC1CN(C(c1ccc(C(=O)CCCCCCCC)cc1)c1cccc(OC)c1)CC2. The van der Waals surface area contributed by atoms with E-state index in [1.54, 1.807) is 7.11 Å². The van der Waals surface area contributed by atoms with E-state index < -0.39 is 0 Å². The first kappa shape index (κ1) is 27.6. The van der Waals surface area contributed by atoms with Crippen LogP contribution in [0.1, 0.15) is 98.7 Å². The highest BCUT2D eigenvalue weighted by Crippen LogP contribution is 2.37. The Bertz CT molecular complexity index is 1000. The molecule has 2 heterocycles. The Morgan fingerprint density at radius 1 is 1.00 bits per heavy atom. The molecule has 0 spiro atoms. The number of hydrogen-bond donors (Lipinski definition) is 0. The van der Waals surface area contributed by atoms with E-state index in [0.717, 1.165) is 43.8 Å². The predicted octanol–water partition coefficient (Wildman–Crippen LogP) is 7.44. The van der Waals surface area contributed by atoms with Crippen molar-refractivity contribution in [1.82, 2.24) is 9.80 Å². The predicted molar refractivity (Wildman–Crippen MR) is 154 cm³/mol. The zero-order valence-corrected chi connectivity index (χ0v) is 23.0. The molecule has 0 saturated carbocycles. The second kappa shape index (κ2) is 13.9. The second-order valence-electron chi connectivity index (χ2n) is 10.9. The lowest BCUT2D eigenvalue weighted by Crippen LogP contribution is -2.40. The minimum atomic E-state index is 0.141. The number of fused-ring (bicyclic) bond motifs is 2. The van der Waals surface area contributed by atoms with E-state index in [2.05, 4.69) is 71.8 Å². The average Bonchev–Trinajstić information content (AvgIpc) is 3.21. The van der Waals surface area contributed by atoms with Gasteiger partial charge in [-0.05, 0) is 48.9 Å². The zero-order valence-electron chi connectivity index (χ0n) is 23.0. The van der Waals surface area contributed by atoms with Gasteiger partial charge in [0.15, 0.2) is 5.78 Å². The highest BCUT2D eigenvalue weighted by molar-refractivity contribution is 5.96. The van der Waals surface area contributed by atoms with Gasteiger partial charge in [-0.3, -0.25) is 14.6 Å². The van der Waals surface area contributed by atoms with Crippen LogP contribution in [0.2, 0.25) is 0 Å². The highest BCUT2D eigenvalue weighted by atomic mass is 16.5. The summed E-state index contributed by atoms with van der Waals surface area (Å²) in [6, 6.07) is 18.3. The standard InChI is InChI=1S/C33H46N2O2/c1-4-6-7-8-9-10-14-32(36)26-15-17-27(18-16-26)33(28-12-11-13-31(24-28)37-3)34-23-21-29-19-20-30(25-34)35(29)22-5-2/h5,11-13,15-18,24,29-30,33H,2,4,6-10,14,19-23,25H2,1,3H3. The number of hydrogen-bond acceptors (Lipinski definition) is 4. The quantitative estimate of drug-likeness (QED) is 0.153. The monoisotopic (exact) mass is 502 g/mol. The first-order chi connectivity index (χ1) is 18.1. The molecule has 0 amide bonds. The van der Waals surface area contributed by atoms with Crippen LogP contribution in [0.3, 0.4) is 0 Å². The van der Waals surface area contributed by atoms with Gasteiger partial charge in [-0.2, -0.15) is 0 Å². The number of rotatable bonds is 14. The molecule has 3 atom stereocenters. The summed E-state index contributed by atoms with van der Waals surface area (Å²) in [7, 11) is 1.73. The molecule has 37 heavy (non-hydrogen) atoms. The van der Waals surface area contributed by atoms with Crippen LogP contribution in [-0.2, 0) is 0 Å². The second-order valence-corrected chi connectivity index (χ2v) is 10.9. The van der Waals surface area contributed by atoms with Crippen molar-refractivity contribution in [1.29, 1.82) is 0 Å². The van der Waals surface area contributed by atoms with Crippen LogP contribution in [0.25, 0.3) is 0 Å². The fourth-order valence-corrected chi connectivity index (χ4v) is 6.37. The number of likely N-dealkylation sites (tertiary alicyclic amines) is 1. The Morgan fingerprint density at radius 3 is 2.51 bits per heavy atom. The normalized spacial score (nSPS) is 20.9. The van der Waals surface area contributed by atoms with Crippen LogP contribution in [0, 0.1) is 0 Å². The molecule has 2 fully saturated rings. The Balaban J connectivity index is 1.51. The summed E-state index contributed by atoms with van der Waals surface area (Å²) in [6.45, 7) is 9.33. The van der Waals surface area contributed by atoms with Gasteiger partial charge in [0.05, 0.1) is 13.2 Å². The molecule has 3 unspecified atom stereocenters. The summed E-state index contributed by atoms with van der Waals surface area (Å²) >= 11 is 0. The van der Waals surface area contributed by atoms with E-state index >= 15 is 0 Å². The maximum atomic E-state index is 12.9. The number of nitrogens with zero attached hydrogens (tertiary/aromatic N) is 2. The third kappa shape index (κ3) is 7.12. The minimum absolute atomic E-state index is 0.141. The van der Waals surface area contributed by atoms with Crippen molar-refractivity contribution in [3.05, 3.63) is 77.9 Å². The average molecular weight is 503 g/mol. The summed E-state index contributed by atoms with van der Waals surface area (Å²) in [5, 5.41) is 0. The molecule has 200 valence electrons.